The lowest BCUT2D eigenvalue weighted by Crippen LogP contribution is -2.33. The van der Waals surface area contributed by atoms with E-state index < -0.39 is 0 Å². The number of nitrogens with zero attached hydrogens (tertiary/aromatic N) is 1. The normalized spacial score (nSPS) is 14.2. The van der Waals surface area contributed by atoms with Crippen molar-refractivity contribution < 1.29 is 14.3 Å². The van der Waals surface area contributed by atoms with Crippen LogP contribution in [0.1, 0.15) is 40.4 Å². The molecule has 0 saturated heterocycles. The number of ether oxygens (including phenoxy) is 1. The number of para-hydroxylation sites is 1. The molecule has 0 aromatic heterocycles. The van der Waals surface area contributed by atoms with E-state index in [9.17, 15) is 9.59 Å². The molecular weight excluding hydrogens is 456 g/mol. The zero-order valence-electron chi connectivity index (χ0n) is 20.1. The third-order valence-electron chi connectivity index (χ3n) is 5.85. The van der Waals surface area contributed by atoms with Gasteiger partial charge in [0, 0.05) is 30.2 Å². The van der Waals surface area contributed by atoms with Crippen molar-refractivity contribution in [3.05, 3.63) is 100.0 Å². The number of aryl methyl sites for hydroxylation is 1. The van der Waals surface area contributed by atoms with Gasteiger partial charge in [-0.05, 0) is 67.3 Å². The lowest BCUT2D eigenvalue weighted by Gasteiger charge is -2.31. The van der Waals surface area contributed by atoms with Crippen LogP contribution in [-0.4, -0.2) is 31.6 Å². The van der Waals surface area contributed by atoms with Gasteiger partial charge in [-0.1, -0.05) is 60.3 Å². The molecule has 180 valence electrons. The molecule has 0 unspecified atom stereocenters. The Kier molecular flexibility index (Phi) is 8.40. The highest BCUT2D eigenvalue weighted by Gasteiger charge is 2.29. The van der Waals surface area contributed by atoms with Gasteiger partial charge in [0.05, 0.1) is 17.1 Å². The Hall–Kier alpha value is -3.35. The predicted octanol–water partition coefficient (Wildman–Crippen LogP) is 5.83. The molecule has 2 amide bonds. The van der Waals surface area contributed by atoms with Gasteiger partial charge < -0.3 is 15.0 Å². The first-order valence-electron chi connectivity index (χ1n) is 11.9. The molecule has 0 aliphatic carbocycles. The smallest absolute Gasteiger partial charge is 0.265 e. The molecule has 0 radical (unpaired) electrons. The Morgan fingerprint density at radius 2 is 1.77 bits per heavy atom. The van der Waals surface area contributed by atoms with E-state index in [1.807, 2.05) is 66.4 Å². The Labute approximate surface area is 211 Å². The number of nitrogens with one attached hydrogen (secondary N) is 1. The maximum atomic E-state index is 13.5. The van der Waals surface area contributed by atoms with Gasteiger partial charge in [-0.25, -0.2) is 0 Å². The summed E-state index contributed by atoms with van der Waals surface area (Å²) < 4.78 is 5.30. The zero-order valence-corrected chi connectivity index (χ0v) is 20.9. The van der Waals surface area contributed by atoms with Crippen molar-refractivity contribution in [2.24, 2.45) is 0 Å². The Bertz CT molecular complexity index is 1220. The second kappa shape index (κ2) is 11.9. The summed E-state index contributed by atoms with van der Waals surface area (Å²) in [5.41, 5.74) is 4.69. The van der Waals surface area contributed by atoms with Gasteiger partial charge in [0.1, 0.15) is 0 Å². The number of hydrogen-bond acceptors (Lipinski definition) is 4. The summed E-state index contributed by atoms with van der Waals surface area (Å²) in [6.45, 7) is 6.43. The number of anilines is 1. The Balaban J connectivity index is 1.51. The van der Waals surface area contributed by atoms with Crippen molar-refractivity contribution in [3.8, 4) is 0 Å². The minimum absolute atomic E-state index is 0.0203. The number of hydrogen-bond donors (Lipinski definition) is 1. The van der Waals surface area contributed by atoms with E-state index in [2.05, 4.69) is 24.4 Å². The highest BCUT2D eigenvalue weighted by Crippen LogP contribution is 2.42. The van der Waals surface area contributed by atoms with Gasteiger partial charge in [0.25, 0.3) is 11.8 Å². The zero-order chi connectivity index (χ0) is 24.6. The maximum Gasteiger partial charge on any atom is 0.265 e. The fourth-order valence-electron chi connectivity index (χ4n) is 3.88. The van der Waals surface area contributed by atoms with Gasteiger partial charge in [0.2, 0.25) is 0 Å². The van der Waals surface area contributed by atoms with Crippen molar-refractivity contribution in [2.45, 2.75) is 31.7 Å². The molecular formula is C29H30N2O3S. The second-order valence-electron chi connectivity index (χ2n) is 8.32. The average Bonchev–Trinajstić information content (AvgIpc) is 2.88. The van der Waals surface area contributed by atoms with Crippen LogP contribution in [0, 0.1) is 6.92 Å². The van der Waals surface area contributed by atoms with Crippen LogP contribution in [0.5, 0.6) is 0 Å². The molecule has 0 bridgehead atoms. The fourth-order valence-corrected chi connectivity index (χ4v) is 4.94. The van der Waals surface area contributed by atoms with Gasteiger partial charge in [-0.2, -0.15) is 0 Å². The van der Waals surface area contributed by atoms with Crippen LogP contribution in [0.25, 0.3) is 6.08 Å². The van der Waals surface area contributed by atoms with E-state index in [0.717, 1.165) is 33.7 Å². The van der Waals surface area contributed by atoms with E-state index in [4.69, 9.17) is 4.74 Å². The molecule has 5 nitrogen and oxygen atoms in total. The largest absolute Gasteiger partial charge is 0.382 e. The number of benzene rings is 3. The highest BCUT2D eigenvalue weighted by molar-refractivity contribution is 8.04. The van der Waals surface area contributed by atoms with Crippen LogP contribution in [0.4, 0.5) is 5.69 Å². The summed E-state index contributed by atoms with van der Waals surface area (Å²) in [6, 6.07) is 23.5. The molecule has 35 heavy (non-hydrogen) atoms. The number of thioether (sulfide) groups is 1. The number of amides is 2. The third-order valence-corrected chi connectivity index (χ3v) is 6.92. The van der Waals surface area contributed by atoms with Crippen LogP contribution in [0.2, 0.25) is 0 Å². The quantitative estimate of drug-likeness (QED) is 0.305. The molecule has 4 rings (SSSR count). The van der Waals surface area contributed by atoms with Crippen molar-refractivity contribution in [2.75, 3.05) is 24.7 Å². The van der Waals surface area contributed by atoms with E-state index in [1.165, 1.54) is 11.8 Å². The fraction of sp³-hybridized carbons (Fsp3) is 0.241. The molecule has 1 N–H and O–H groups in total. The van der Waals surface area contributed by atoms with Crippen molar-refractivity contribution in [1.82, 2.24) is 5.32 Å². The lowest BCUT2D eigenvalue weighted by molar-refractivity contribution is -0.114. The number of carbonyl (C=O) groups is 2. The molecule has 6 heteroatoms. The molecule has 1 aliphatic heterocycles. The van der Waals surface area contributed by atoms with Crippen LogP contribution >= 0.6 is 11.8 Å². The van der Waals surface area contributed by atoms with Gasteiger partial charge in [0.15, 0.2) is 0 Å². The SMILES string of the molecule is CCOCCCNC(=O)c1ccc(C=C2Sc3ccccc3N(Cc3ccccc3C)C2=O)cc1. The first-order chi connectivity index (χ1) is 17.1. The summed E-state index contributed by atoms with van der Waals surface area (Å²) >= 11 is 1.49. The molecule has 0 spiro atoms. The summed E-state index contributed by atoms with van der Waals surface area (Å²) in [5, 5.41) is 2.91. The molecule has 3 aromatic rings. The Morgan fingerprint density at radius 3 is 2.54 bits per heavy atom. The van der Waals surface area contributed by atoms with Crippen molar-refractivity contribution >= 4 is 35.3 Å². The first kappa shape index (κ1) is 24.8. The summed E-state index contributed by atoms with van der Waals surface area (Å²) in [4.78, 5) is 29.5. The summed E-state index contributed by atoms with van der Waals surface area (Å²) in [5.74, 6) is -0.129. The van der Waals surface area contributed by atoms with Crippen LogP contribution in [-0.2, 0) is 16.1 Å². The summed E-state index contributed by atoms with van der Waals surface area (Å²) in [6.07, 6.45) is 2.68. The van der Waals surface area contributed by atoms with E-state index in [-0.39, 0.29) is 11.8 Å². The number of carbonyl (C=O) groups excluding carboxylic acids is 2. The van der Waals surface area contributed by atoms with Crippen LogP contribution in [0.15, 0.2) is 82.6 Å². The molecule has 0 saturated carbocycles. The van der Waals surface area contributed by atoms with Crippen molar-refractivity contribution in [3.63, 3.8) is 0 Å². The van der Waals surface area contributed by atoms with E-state index in [1.54, 1.807) is 12.1 Å². The Morgan fingerprint density at radius 1 is 1.03 bits per heavy atom. The average molecular weight is 487 g/mol. The minimum Gasteiger partial charge on any atom is -0.382 e. The van der Waals surface area contributed by atoms with Crippen LogP contribution in [0.3, 0.4) is 0 Å². The van der Waals surface area contributed by atoms with Gasteiger partial charge >= 0.3 is 0 Å². The highest BCUT2D eigenvalue weighted by atomic mass is 32.2. The van der Waals surface area contributed by atoms with Crippen LogP contribution < -0.4 is 10.2 Å². The van der Waals surface area contributed by atoms with Crippen molar-refractivity contribution in [1.29, 1.82) is 0 Å². The van der Waals surface area contributed by atoms with E-state index >= 15 is 0 Å². The second-order valence-corrected chi connectivity index (χ2v) is 9.41. The molecule has 3 aromatic carbocycles. The maximum absolute atomic E-state index is 13.5. The lowest BCUT2D eigenvalue weighted by atomic mass is 10.1. The molecule has 1 heterocycles. The molecule has 0 fully saturated rings. The number of rotatable bonds is 9. The first-order valence-corrected chi connectivity index (χ1v) is 12.7. The summed E-state index contributed by atoms with van der Waals surface area (Å²) in [7, 11) is 0. The molecule has 1 aliphatic rings. The topological polar surface area (TPSA) is 58.6 Å². The van der Waals surface area contributed by atoms with Gasteiger partial charge in [-0.15, -0.1) is 0 Å². The molecule has 0 atom stereocenters. The standard InChI is InChI=1S/C29H30N2O3S/c1-3-34-18-8-17-30-28(32)23-15-13-22(14-16-23)19-27-29(33)31(20-24-10-5-4-9-21(24)2)25-11-6-7-12-26(25)35-27/h4-7,9-16,19H,3,8,17-18,20H2,1-2H3,(H,30,32). The van der Waals surface area contributed by atoms with E-state index in [0.29, 0.717) is 36.8 Å². The third kappa shape index (κ3) is 6.21. The predicted molar refractivity (Wildman–Crippen MR) is 143 cm³/mol. The monoisotopic (exact) mass is 486 g/mol. The minimum atomic E-state index is -0.109. The number of fused-ring (bicyclic) bond motifs is 1. The van der Waals surface area contributed by atoms with Gasteiger partial charge in [-0.3, -0.25) is 9.59 Å².